The van der Waals surface area contributed by atoms with Crippen molar-refractivity contribution in [3.05, 3.63) is 20.3 Å². The van der Waals surface area contributed by atoms with Crippen LogP contribution in [0.15, 0.2) is 9.85 Å². The van der Waals surface area contributed by atoms with E-state index in [9.17, 15) is 4.79 Å². The maximum atomic E-state index is 11.7. The van der Waals surface area contributed by atoms with Crippen LogP contribution in [0.25, 0.3) is 0 Å². The van der Waals surface area contributed by atoms with E-state index in [0.29, 0.717) is 6.54 Å². The first-order valence-corrected chi connectivity index (χ1v) is 6.77. The van der Waals surface area contributed by atoms with Crippen molar-refractivity contribution in [1.82, 2.24) is 5.32 Å². The van der Waals surface area contributed by atoms with Crippen LogP contribution in [0.3, 0.4) is 0 Å². The summed E-state index contributed by atoms with van der Waals surface area (Å²) in [4.78, 5) is 12.4. The van der Waals surface area contributed by atoms with Gasteiger partial charge in [-0.3, -0.25) is 4.79 Å². The number of thiophene rings is 1. The molecule has 0 bridgehead atoms. The Morgan fingerprint density at radius 3 is 2.87 bits per heavy atom. The third-order valence-electron chi connectivity index (χ3n) is 2.01. The van der Waals surface area contributed by atoms with Gasteiger partial charge in [0.2, 0.25) is 0 Å². The van der Waals surface area contributed by atoms with Crippen LogP contribution in [-0.2, 0) is 0 Å². The maximum Gasteiger partial charge on any atom is 0.261 e. The van der Waals surface area contributed by atoms with Gasteiger partial charge in [-0.25, -0.2) is 0 Å². The highest BCUT2D eigenvalue weighted by molar-refractivity contribution is 9.11. The summed E-state index contributed by atoms with van der Waals surface area (Å²) < 4.78 is 1.01. The van der Waals surface area contributed by atoms with Crippen LogP contribution in [0, 0.1) is 6.92 Å². The van der Waals surface area contributed by atoms with Crippen molar-refractivity contribution < 1.29 is 4.79 Å². The van der Waals surface area contributed by atoms with Crippen LogP contribution in [0.1, 0.15) is 28.6 Å². The molecule has 1 unspecified atom stereocenters. The number of carbonyl (C=O) groups excluding carboxylic acids is 1. The molecule has 1 atom stereocenters. The summed E-state index contributed by atoms with van der Waals surface area (Å²) in [5.41, 5.74) is 1.09. The molecule has 1 rings (SSSR count). The minimum atomic E-state index is -0.0482. The first-order valence-electron chi connectivity index (χ1n) is 4.72. The normalized spacial score (nSPS) is 12.5. The molecule has 0 radical (unpaired) electrons. The molecule has 1 amide bonds. The van der Waals surface area contributed by atoms with E-state index in [0.717, 1.165) is 20.6 Å². The molecule has 1 heterocycles. The van der Waals surface area contributed by atoms with Crippen LogP contribution in [-0.4, -0.2) is 17.8 Å². The molecular weight excluding hydrogens is 298 g/mol. The molecule has 1 aromatic heterocycles. The molecule has 1 aromatic rings. The molecule has 0 aliphatic heterocycles. The zero-order chi connectivity index (χ0) is 11.4. The highest BCUT2D eigenvalue weighted by atomic mass is 79.9. The average Bonchev–Trinajstić information content (AvgIpc) is 2.55. The second-order valence-corrected chi connectivity index (χ2v) is 6.27. The van der Waals surface area contributed by atoms with E-state index in [-0.39, 0.29) is 11.3 Å². The average molecular weight is 311 g/mol. The summed E-state index contributed by atoms with van der Waals surface area (Å²) in [5.74, 6) is -0.0482. The van der Waals surface area contributed by atoms with Gasteiger partial charge in [-0.1, -0.05) is 6.92 Å². The Bertz CT molecular complexity index is 334. The predicted molar refractivity (Wildman–Crippen MR) is 69.0 cm³/mol. The number of aryl methyl sites for hydroxylation is 1. The fraction of sp³-hybridized carbons (Fsp3) is 0.500. The van der Waals surface area contributed by atoms with Gasteiger partial charge < -0.3 is 5.32 Å². The zero-order valence-electron chi connectivity index (χ0n) is 8.64. The van der Waals surface area contributed by atoms with Crippen LogP contribution >= 0.6 is 38.9 Å². The molecule has 84 valence electrons. The standard InChI is InChI=1S/C10H13BrClNOS/c1-3-7(12)5-13-10(14)8-4-6(2)9(11)15-8/h4,7H,3,5H2,1-2H3,(H,13,14). The Hall–Kier alpha value is -0.0600. The predicted octanol–water partition coefficient (Wildman–Crippen LogP) is 3.57. The lowest BCUT2D eigenvalue weighted by Crippen LogP contribution is -2.28. The van der Waals surface area contributed by atoms with Crippen molar-refractivity contribution in [3.8, 4) is 0 Å². The van der Waals surface area contributed by atoms with Crippen LogP contribution in [0.5, 0.6) is 0 Å². The minimum Gasteiger partial charge on any atom is -0.350 e. The van der Waals surface area contributed by atoms with E-state index < -0.39 is 0 Å². The summed E-state index contributed by atoms with van der Waals surface area (Å²) in [5, 5.41) is 2.82. The summed E-state index contributed by atoms with van der Waals surface area (Å²) in [6, 6.07) is 1.87. The van der Waals surface area contributed by atoms with Gasteiger partial charge in [-0.05, 0) is 40.9 Å². The smallest absolute Gasteiger partial charge is 0.261 e. The highest BCUT2D eigenvalue weighted by Gasteiger charge is 2.11. The highest BCUT2D eigenvalue weighted by Crippen LogP contribution is 2.27. The van der Waals surface area contributed by atoms with Gasteiger partial charge in [0.1, 0.15) is 0 Å². The Balaban J connectivity index is 2.54. The van der Waals surface area contributed by atoms with E-state index >= 15 is 0 Å². The summed E-state index contributed by atoms with van der Waals surface area (Å²) in [6.07, 6.45) is 0.856. The largest absolute Gasteiger partial charge is 0.350 e. The number of hydrogen-bond donors (Lipinski definition) is 1. The van der Waals surface area contributed by atoms with Gasteiger partial charge in [0.05, 0.1) is 14.0 Å². The van der Waals surface area contributed by atoms with Crippen molar-refractivity contribution in [2.24, 2.45) is 0 Å². The van der Waals surface area contributed by atoms with Crippen LogP contribution in [0.4, 0.5) is 0 Å². The monoisotopic (exact) mass is 309 g/mol. The molecule has 0 saturated carbocycles. The molecule has 1 N–H and O–H groups in total. The van der Waals surface area contributed by atoms with Gasteiger partial charge >= 0.3 is 0 Å². The number of hydrogen-bond acceptors (Lipinski definition) is 2. The van der Waals surface area contributed by atoms with Gasteiger partial charge in [-0.15, -0.1) is 22.9 Å². The Morgan fingerprint density at radius 2 is 2.40 bits per heavy atom. The van der Waals surface area contributed by atoms with Gasteiger partial charge in [0.25, 0.3) is 5.91 Å². The van der Waals surface area contributed by atoms with Crippen molar-refractivity contribution in [3.63, 3.8) is 0 Å². The van der Waals surface area contributed by atoms with Crippen LogP contribution < -0.4 is 5.32 Å². The van der Waals surface area contributed by atoms with Crippen molar-refractivity contribution in [2.75, 3.05) is 6.54 Å². The molecule has 0 aliphatic carbocycles. The third-order valence-corrected chi connectivity index (χ3v) is 4.61. The fourth-order valence-electron chi connectivity index (χ4n) is 1.01. The molecule has 15 heavy (non-hydrogen) atoms. The number of alkyl halides is 1. The molecule has 0 aromatic carbocycles. The van der Waals surface area contributed by atoms with E-state index in [1.165, 1.54) is 11.3 Å². The fourth-order valence-corrected chi connectivity index (χ4v) is 2.54. The van der Waals surface area contributed by atoms with Crippen LogP contribution in [0.2, 0.25) is 0 Å². The van der Waals surface area contributed by atoms with Crippen molar-refractivity contribution >= 4 is 44.8 Å². The van der Waals surface area contributed by atoms with Gasteiger partial charge in [-0.2, -0.15) is 0 Å². The van der Waals surface area contributed by atoms with E-state index in [1.807, 2.05) is 19.9 Å². The maximum absolute atomic E-state index is 11.7. The van der Waals surface area contributed by atoms with E-state index in [2.05, 4.69) is 21.2 Å². The topological polar surface area (TPSA) is 29.1 Å². The lowest BCUT2D eigenvalue weighted by Gasteiger charge is -2.06. The summed E-state index contributed by atoms with van der Waals surface area (Å²) in [7, 11) is 0. The number of amides is 1. The number of halogens is 2. The quantitative estimate of drug-likeness (QED) is 0.846. The molecule has 2 nitrogen and oxygen atoms in total. The van der Waals surface area contributed by atoms with Crippen molar-refractivity contribution in [2.45, 2.75) is 25.6 Å². The third kappa shape index (κ3) is 3.78. The van der Waals surface area contributed by atoms with Gasteiger partial charge in [0.15, 0.2) is 0 Å². The molecule has 0 spiro atoms. The van der Waals surface area contributed by atoms with Crippen molar-refractivity contribution in [1.29, 1.82) is 0 Å². The first kappa shape index (κ1) is 13.0. The summed E-state index contributed by atoms with van der Waals surface area (Å²) >= 11 is 10.7. The lowest BCUT2D eigenvalue weighted by atomic mass is 10.3. The number of carbonyl (C=O) groups is 1. The zero-order valence-corrected chi connectivity index (χ0v) is 11.8. The SMILES string of the molecule is CCC(Cl)CNC(=O)c1cc(C)c(Br)s1. The molecular formula is C10H13BrClNOS. The first-order chi connectivity index (χ1) is 7.04. The minimum absolute atomic E-state index is 0.0125. The molecule has 0 saturated heterocycles. The van der Waals surface area contributed by atoms with E-state index in [1.54, 1.807) is 0 Å². The molecule has 5 heteroatoms. The second-order valence-electron chi connectivity index (χ2n) is 3.28. The number of rotatable bonds is 4. The Labute approximate surface area is 107 Å². The molecule has 0 aliphatic rings. The Morgan fingerprint density at radius 1 is 1.73 bits per heavy atom. The number of nitrogens with one attached hydrogen (secondary N) is 1. The Kier molecular flexibility index (Phi) is 5.09. The molecule has 0 fully saturated rings. The second kappa shape index (κ2) is 5.87. The van der Waals surface area contributed by atoms with Gasteiger partial charge in [0, 0.05) is 6.54 Å². The lowest BCUT2D eigenvalue weighted by molar-refractivity contribution is 0.0957. The van der Waals surface area contributed by atoms with E-state index in [4.69, 9.17) is 11.6 Å². The summed E-state index contributed by atoms with van der Waals surface area (Å²) in [6.45, 7) is 4.48.